The highest BCUT2D eigenvalue weighted by atomic mass is 35.5. The fraction of sp³-hybridized carbons (Fsp3) is 0.513. The summed E-state index contributed by atoms with van der Waals surface area (Å²) in [7, 11) is 6.78. The lowest BCUT2D eigenvalue weighted by atomic mass is 9.90. The SMILES string of the molecule is COC(=O)[C@@H](C)C[C@@H]1CCNC1=O.COC(=O)[C@@H](N)C[C@@H]1CCNC1=O.COC(=O)[C@H](C[C@@H]1CCNC1=O)NC(=O)[C@@H](C)C1Cc2ccccc2C1.COC(=O)[C@H](C[C@@H]1CCNC1=O)NC(=O)[C@@H](N)C1Cc2ccccc2C1.COc1cccc2[nH]c(C(=O)O)cc12.C[C@H](C(=O)O)C1Cc2ccccc2C1.Cl. The van der Waals surface area contributed by atoms with Gasteiger partial charge in [0.1, 0.15) is 29.6 Å². The first kappa shape index (κ1) is 86.0. The number of hydrogen-bond acceptors (Lipinski definition) is 19. The van der Waals surface area contributed by atoms with Crippen molar-refractivity contribution in [2.45, 2.75) is 135 Å². The average molecular weight is 1510 g/mol. The predicted octanol–water partition coefficient (Wildman–Crippen LogP) is 4.89. The molecule has 582 valence electrons. The first-order chi connectivity index (χ1) is 50.7. The van der Waals surface area contributed by atoms with Crippen molar-refractivity contribution in [1.29, 1.82) is 0 Å². The highest BCUT2D eigenvalue weighted by Crippen LogP contribution is 2.34. The van der Waals surface area contributed by atoms with E-state index >= 15 is 0 Å². The van der Waals surface area contributed by atoms with Crippen LogP contribution in [-0.4, -0.2) is 172 Å². The lowest BCUT2D eigenvalue weighted by Gasteiger charge is -2.23. The quantitative estimate of drug-likeness (QED) is 0.0324. The maximum Gasteiger partial charge on any atom is 0.352 e. The molecular weight excluding hydrogens is 1400 g/mol. The number of aliphatic carboxylic acids is 1. The molecule has 1 aromatic heterocycles. The number of aromatic nitrogens is 1. The fourth-order valence-corrected chi connectivity index (χ4v) is 14.4. The zero-order chi connectivity index (χ0) is 77.3. The number of amides is 6. The lowest BCUT2D eigenvalue weighted by molar-refractivity contribution is -0.146. The van der Waals surface area contributed by atoms with Gasteiger partial charge < -0.3 is 82.2 Å². The van der Waals surface area contributed by atoms with Crippen LogP contribution in [0.25, 0.3) is 10.9 Å². The molecule has 28 nitrogen and oxygen atoms in total. The molecule has 4 fully saturated rings. The Kier molecular flexibility index (Phi) is 33.6. The summed E-state index contributed by atoms with van der Waals surface area (Å²) in [5.74, 6) is -4.19. The van der Waals surface area contributed by atoms with E-state index in [1.807, 2.05) is 55.5 Å². The number of benzene rings is 4. The molecule has 5 aromatic rings. The van der Waals surface area contributed by atoms with Gasteiger partial charge in [0.25, 0.3) is 0 Å². The van der Waals surface area contributed by atoms with E-state index < -0.39 is 54.0 Å². The minimum atomic E-state index is -0.969. The van der Waals surface area contributed by atoms with Gasteiger partial charge in [-0.15, -0.1) is 12.4 Å². The minimum Gasteiger partial charge on any atom is -0.496 e. The number of rotatable bonds is 22. The number of carboxylic acids is 2. The maximum absolute atomic E-state index is 12.7. The Balaban J connectivity index is 0.000000206. The van der Waals surface area contributed by atoms with Gasteiger partial charge in [0, 0.05) is 66.7 Å². The second-order valence-corrected chi connectivity index (χ2v) is 27.9. The van der Waals surface area contributed by atoms with Crippen LogP contribution in [0.1, 0.15) is 116 Å². The van der Waals surface area contributed by atoms with Crippen LogP contribution < -0.4 is 48.1 Å². The van der Waals surface area contributed by atoms with Gasteiger partial charge in [-0.05, 0) is 159 Å². The Hall–Kier alpha value is -9.93. The third-order valence-electron chi connectivity index (χ3n) is 20.9. The van der Waals surface area contributed by atoms with Crippen LogP contribution in [0, 0.1) is 59.2 Å². The van der Waals surface area contributed by atoms with Crippen LogP contribution in [0.15, 0.2) is 97.1 Å². The first-order valence-corrected chi connectivity index (χ1v) is 36.0. The molecule has 12 rings (SSSR count). The maximum atomic E-state index is 12.7. The number of carboxylic acid groups (broad SMARTS) is 2. The zero-order valence-electron chi connectivity index (χ0n) is 61.9. The van der Waals surface area contributed by atoms with Crippen molar-refractivity contribution in [3.63, 3.8) is 0 Å². The summed E-state index contributed by atoms with van der Waals surface area (Å²) >= 11 is 0. The van der Waals surface area contributed by atoms with E-state index in [4.69, 9.17) is 35.9 Å². The van der Waals surface area contributed by atoms with Crippen molar-refractivity contribution >= 4 is 94.6 Å². The molecular formula is C78H104ClN9O19. The van der Waals surface area contributed by atoms with Crippen LogP contribution in [-0.2, 0) is 110 Å². The molecule has 0 spiro atoms. The summed E-state index contributed by atoms with van der Waals surface area (Å²) in [6.07, 6.45) is 9.47. The smallest absolute Gasteiger partial charge is 0.352 e. The van der Waals surface area contributed by atoms with Crippen molar-refractivity contribution in [3.8, 4) is 5.75 Å². The Morgan fingerprint density at radius 2 is 0.832 bits per heavy atom. The second-order valence-electron chi connectivity index (χ2n) is 27.9. The molecule has 13 N–H and O–H groups in total. The molecule has 0 bridgehead atoms. The van der Waals surface area contributed by atoms with E-state index in [9.17, 15) is 57.5 Å². The van der Waals surface area contributed by atoms with Gasteiger partial charge in [-0.1, -0.05) is 99.6 Å². The second kappa shape index (κ2) is 41.8. The van der Waals surface area contributed by atoms with Crippen LogP contribution >= 0.6 is 12.4 Å². The summed E-state index contributed by atoms with van der Waals surface area (Å²) in [4.78, 5) is 142. The lowest BCUT2D eigenvalue weighted by Crippen LogP contribution is -2.52. The van der Waals surface area contributed by atoms with E-state index in [0.717, 1.165) is 68.8 Å². The highest BCUT2D eigenvalue weighted by molar-refractivity contribution is 5.96. The van der Waals surface area contributed by atoms with Gasteiger partial charge in [0.15, 0.2) is 0 Å². The number of carbonyl (C=O) groups is 12. The molecule has 3 aliphatic carbocycles. The average Bonchev–Trinajstić information content (AvgIpc) is 1.71. The summed E-state index contributed by atoms with van der Waals surface area (Å²) < 4.78 is 23.8. The number of nitrogens with one attached hydrogen (secondary N) is 7. The molecule has 0 unspecified atom stereocenters. The third kappa shape index (κ3) is 24.3. The van der Waals surface area contributed by atoms with E-state index in [0.29, 0.717) is 51.1 Å². The number of ether oxygens (including phenoxy) is 5. The standard InChI is InChI=1S/C20H26N2O4.C19H25N3O4.C12H14O2.C10H9NO3.C9H15NO3.C8H14N2O3.ClH/c1-12(16-9-13-5-3-4-6-14(13)10-16)18(23)22-17(20(25)26-2)11-15-7-8-21-19(15)24;1-26-19(25)15(10-13-6-7-21-17(13)23)22-18(24)16(20)14-8-11-4-2-3-5-12(11)9-14;1-8(12(13)14)11-6-9-4-2-3-5-10(9)7-11;1-14-9-4-2-3-7-6(9)5-8(11-7)10(12)13;1-6(9(12)13-2)5-7-3-4-10-8(7)11;1-13-8(12)6(9)4-5-2-3-10-7(5)11;/h3-6,12,15-17H,7-11H2,1-2H3,(H,21,24)(H,22,23);2-5,13-16H,6-10,20H2,1H3,(H,21,23)(H,22,24);2-5,8,11H,6-7H2,1H3,(H,13,14);2-5,11H,1H3,(H,12,13);6-7H,3-5H2,1-2H3,(H,10,11);5-6H,2-4,9H2,1H3,(H,10,11);1H/t12-,15-,17-;13-,15-,16-;8-;;6-,7-;5-,6-;/m000.00./s1. The highest BCUT2D eigenvalue weighted by Gasteiger charge is 2.39. The molecule has 0 saturated carbocycles. The number of hydrogen-bond donors (Lipinski definition) is 11. The predicted molar refractivity (Wildman–Crippen MR) is 397 cm³/mol. The van der Waals surface area contributed by atoms with E-state index in [2.05, 4.69) is 82.8 Å². The van der Waals surface area contributed by atoms with Crippen molar-refractivity contribution < 1.29 is 91.4 Å². The van der Waals surface area contributed by atoms with Crippen LogP contribution in [0.2, 0.25) is 0 Å². The van der Waals surface area contributed by atoms with Crippen LogP contribution in [0.5, 0.6) is 5.75 Å². The number of halogens is 1. The summed E-state index contributed by atoms with van der Waals surface area (Å²) in [5, 5.41) is 34.9. The number of H-pyrrole nitrogens is 1. The minimum absolute atomic E-state index is 0. The van der Waals surface area contributed by atoms with Crippen molar-refractivity contribution in [2.75, 3.05) is 61.7 Å². The van der Waals surface area contributed by atoms with Gasteiger partial charge in [-0.25, -0.2) is 14.4 Å². The molecule has 107 heavy (non-hydrogen) atoms. The first-order valence-electron chi connectivity index (χ1n) is 36.0. The van der Waals surface area contributed by atoms with E-state index in [1.54, 1.807) is 33.1 Å². The van der Waals surface area contributed by atoms with Crippen LogP contribution in [0.3, 0.4) is 0 Å². The Morgan fingerprint density at radius 3 is 1.19 bits per heavy atom. The van der Waals surface area contributed by atoms with Gasteiger partial charge in [0.05, 0.1) is 53.4 Å². The number of aromatic amines is 1. The monoisotopic (exact) mass is 1510 g/mol. The van der Waals surface area contributed by atoms with Gasteiger partial charge in [-0.3, -0.25) is 43.2 Å². The molecule has 0 radical (unpaired) electrons. The number of aromatic carboxylic acids is 1. The Bertz CT molecular complexity index is 3680. The van der Waals surface area contributed by atoms with Gasteiger partial charge >= 0.3 is 35.8 Å². The van der Waals surface area contributed by atoms with Crippen molar-refractivity contribution in [3.05, 3.63) is 136 Å². The molecule has 4 saturated heterocycles. The van der Waals surface area contributed by atoms with Gasteiger partial charge in [-0.2, -0.15) is 0 Å². The zero-order valence-corrected chi connectivity index (χ0v) is 62.8. The summed E-state index contributed by atoms with van der Waals surface area (Å²) in [6.45, 7) is 8.11. The number of nitrogens with two attached hydrogens (primary N) is 2. The van der Waals surface area contributed by atoms with E-state index in [-0.39, 0.29) is 132 Å². The molecule has 4 aromatic carbocycles. The number of methoxy groups -OCH3 is 5. The number of esters is 4. The van der Waals surface area contributed by atoms with Gasteiger partial charge in [0.2, 0.25) is 35.4 Å². The molecule has 4 aliphatic heterocycles. The molecule has 29 heteroatoms. The topological polar surface area (TPSA) is 431 Å². The largest absolute Gasteiger partial charge is 0.496 e. The molecule has 11 atom stereocenters. The molecule has 7 aliphatic rings. The summed E-state index contributed by atoms with van der Waals surface area (Å²) in [5.41, 5.74) is 20.3. The molecule has 5 heterocycles. The third-order valence-corrected chi connectivity index (χ3v) is 20.9. The van der Waals surface area contributed by atoms with Crippen molar-refractivity contribution in [2.24, 2.45) is 70.6 Å². The normalized spacial score (nSPS) is 20.0. The number of fused-ring (bicyclic) bond motifs is 4. The fourth-order valence-electron chi connectivity index (χ4n) is 14.4. The molecule has 6 amide bonds. The Labute approximate surface area is 629 Å². The Morgan fingerprint density at radius 1 is 0.467 bits per heavy atom. The van der Waals surface area contributed by atoms with Crippen molar-refractivity contribution in [1.82, 2.24) is 36.9 Å². The van der Waals surface area contributed by atoms with Crippen LogP contribution in [0.4, 0.5) is 0 Å². The number of carbonyl (C=O) groups excluding carboxylic acids is 10. The summed E-state index contributed by atoms with van der Waals surface area (Å²) in [6, 6.07) is 28.5. The van der Waals surface area contributed by atoms with E-state index in [1.165, 1.54) is 61.8 Å².